The van der Waals surface area contributed by atoms with Crippen molar-refractivity contribution < 1.29 is 4.79 Å². The molecule has 1 aliphatic heterocycles. The van der Waals surface area contributed by atoms with Crippen LogP contribution in [0.3, 0.4) is 0 Å². The minimum absolute atomic E-state index is 0.162. The molecule has 3 heteroatoms. The van der Waals surface area contributed by atoms with Crippen LogP contribution in [0, 0.1) is 0 Å². The van der Waals surface area contributed by atoms with E-state index < -0.39 is 0 Å². The lowest BCUT2D eigenvalue weighted by atomic mass is 9.97. The van der Waals surface area contributed by atoms with Crippen molar-refractivity contribution in [2.75, 3.05) is 6.54 Å². The highest BCUT2D eigenvalue weighted by molar-refractivity contribution is 6.06. The van der Waals surface area contributed by atoms with Crippen LogP contribution in [0.4, 0.5) is 0 Å². The van der Waals surface area contributed by atoms with Crippen molar-refractivity contribution in [1.82, 2.24) is 9.88 Å². The maximum Gasteiger partial charge on any atom is 0.254 e. The quantitative estimate of drug-likeness (QED) is 0.833. The molecule has 1 saturated heterocycles. The number of nitrogens with zero attached hydrogens (tertiary/aromatic N) is 2. The first-order valence-electron chi connectivity index (χ1n) is 7.45. The average Bonchev–Trinajstić information content (AvgIpc) is 2.53. The lowest BCUT2D eigenvalue weighted by Crippen LogP contribution is -2.43. The van der Waals surface area contributed by atoms with Gasteiger partial charge in [0.05, 0.1) is 0 Å². The molecule has 2 aromatic rings. The molecule has 0 radical (unpaired) electrons. The molecule has 1 amide bonds. The van der Waals surface area contributed by atoms with Gasteiger partial charge in [-0.15, -0.1) is 0 Å². The summed E-state index contributed by atoms with van der Waals surface area (Å²) in [5.41, 5.74) is 0.788. The Morgan fingerprint density at radius 3 is 3.10 bits per heavy atom. The molecule has 1 atom stereocenters. The zero-order chi connectivity index (χ0) is 13.9. The van der Waals surface area contributed by atoms with Gasteiger partial charge in [0.25, 0.3) is 5.91 Å². The number of hydrogen-bond acceptors (Lipinski definition) is 2. The SMILES string of the molecule is CCC1CCCCN1C(=O)c1cccc2ccncc12. The van der Waals surface area contributed by atoms with E-state index in [9.17, 15) is 4.79 Å². The second-order valence-corrected chi connectivity index (χ2v) is 5.46. The normalized spacial score (nSPS) is 19.2. The second kappa shape index (κ2) is 5.61. The predicted octanol–water partition coefficient (Wildman–Crippen LogP) is 3.64. The van der Waals surface area contributed by atoms with Crippen LogP contribution in [0.5, 0.6) is 0 Å². The molecule has 3 rings (SSSR count). The first kappa shape index (κ1) is 13.1. The molecule has 3 nitrogen and oxygen atoms in total. The van der Waals surface area contributed by atoms with Gasteiger partial charge in [-0.05, 0) is 43.2 Å². The van der Waals surface area contributed by atoms with Crippen LogP contribution >= 0.6 is 0 Å². The van der Waals surface area contributed by atoms with Gasteiger partial charge in [0.2, 0.25) is 0 Å². The Labute approximate surface area is 119 Å². The standard InChI is InChI=1S/C17H20N2O/c1-2-14-7-3-4-11-19(14)17(20)15-8-5-6-13-9-10-18-12-16(13)15/h5-6,8-10,12,14H,2-4,7,11H2,1H3. The van der Waals surface area contributed by atoms with Gasteiger partial charge in [0.1, 0.15) is 0 Å². The number of fused-ring (bicyclic) bond motifs is 1. The summed E-state index contributed by atoms with van der Waals surface area (Å²) in [6.07, 6.45) is 8.09. The number of hydrogen-bond donors (Lipinski definition) is 0. The minimum atomic E-state index is 0.162. The summed E-state index contributed by atoms with van der Waals surface area (Å²) in [5.74, 6) is 0.162. The van der Waals surface area contributed by atoms with Gasteiger partial charge in [-0.25, -0.2) is 0 Å². The number of benzene rings is 1. The maximum absolute atomic E-state index is 12.9. The molecule has 0 saturated carbocycles. The van der Waals surface area contributed by atoms with E-state index in [1.165, 1.54) is 6.42 Å². The highest BCUT2D eigenvalue weighted by Gasteiger charge is 2.26. The summed E-state index contributed by atoms with van der Waals surface area (Å²) in [7, 11) is 0. The van der Waals surface area contributed by atoms with E-state index in [0.717, 1.165) is 42.1 Å². The molecule has 0 aliphatic carbocycles. The second-order valence-electron chi connectivity index (χ2n) is 5.46. The monoisotopic (exact) mass is 268 g/mol. The first-order chi connectivity index (χ1) is 9.81. The van der Waals surface area contributed by atoms with Crippen molar-refractivity contribution in [3.05, 3.63) is 42.2 Å². The third-order valence-electron chi connectivity index (χ3n) is 4.27. The number of amides is 1. The summed E-state index contributed by atoms with van der Waals surface area (Å²) in [6.45, 7) is 3.05. The Balaban J connectivity index is 1.99. The molecular weight excluding hydrogens is 248 g/mol. The smallest absolute Gasteiger partial charge is 0.254 e. The average molecular weight is 268 g/mol. The minimum Gasteiger partial charge on any atom is -0.336 e. The van der Waals surface area contributed by atoms with Gasteiger partial charge in [-0.3, -0.25) is 9.78 Å². The summed E-state index contributed by atoms with van der Waals surface area (Å²) < 4.78 is 0. The fourth-order valence-electron chi connectivity index (χ4n) is 3.15. The molecule has 2 heterocycles. The maximum atomic E-state index is 12.9. The molecule has 0 spiro atoms. The molecule has 0 bridgehead atoms. The van der Waals surface area contributed by atoms with E-state index in [1.54, 1.807) is 12.4 Å². The van der Waals surface area contributed by atoms with Crippen molar-refractivity contribution in [3.8, 4) is 0 Å². The van der Waals surface area contributed by atoms with Crippen molar-refractivity contribution >= 4 is 16.7 Å². The van der Waals surface area contributed by atoms with Gasteiger partial charge in [-0.2, -0.15) is 0 Å². The van der Waals surface area contributed by atoms with Gasteiger partial charge >= 0.3 is 0 Å². The summed E-state index contributed by atoms with van der Waals surface area (Å²) in [6, 6.07) is 8.26. The van der Waals surface area contributed by atoms with Gasteiger partial charge in [0, 0.05) is 35.9 Å². The summed E-state index contributed by atoms with van der Waals surface area (Å²) in [5, 5.41) is 2.04. The van der Waals surface area contributed by atoms with E-state index in [2.05, 4.69) is 16.8 Å². The first-order valence-corrected chi connectivity index (χ1v) is 7.45. The van der Waals surface area contributed by atoms with Crippen LogP contribution in [0.2, 0.25) is 0 Å². The lowest BCUT2D eigenvalue weighted by molar-refractivity contribution is 0.0610. The van der Waals surface area contributed by atoms with E-state index in [1.807, 2.05) is 24.3 Å². The van der Waals surface area contributed by atoms with Crippen molar-refractivity contribution in [3.63, 3.8) is 0 Å². The Morgan fingerprint density at radius 2 is 2.25 bits per heavy atom. The molecule has 1 aromatic carbocycles. The third-order valence-corrected chi connectivity index (χ3v) is 4.27. The van der Waals surface area contributed by atoms with Gasteiger partial charge < -0.3 is 4.90 Å². The number of piperidine rings is 1. The number of carbonyl (C=O) groups excluding carboxylic acids is 1. The largest absolute Gasteiger partial charge is 0.336 e. The van der Waals surface area contributed by atoms with Crippen LogP contribution in [-0.4, -0.2) is 28.4 Å². The number of carbonyl (C=O) groups is 1. The van der Waals surface area contributed by atoms with Gasteiger partial charge in [0.15, 0.2) is 0 Å². The number of aromatic nitrogens is 1. The van der Waals surface area contributed by atoms with E-state index in [4.69, 9.17) is 0 Å². The Morgan fingerprint density at radius 1 is 1.35 bits per heavy atom. The molecular formula is C17H20N2O. The fourth-order valence-corrected chi connectivity index (χ4v) is 3.15. The molecule has 1 aliphatic rings. The topological polar surface area (TPSA) is 33.2 Å². The molecule has 20 heavy (non-hydrogen) atoms. The predicted molar refractivity (Wildman–Crippen MR) is 80.7 cm³/mol. The van der Waals surface area contributed by atoms with E-state index in [0.29, 0.717) is 6.04 Å². The summed E-state index contributed by atoms with van der Waals surface area (Å²) >= 11 is 0. The van der Waals surface area contributed by atoms with Crippen LogP contribution in [0.25, 0.3) is 10.8 Å². The molecule has 1 fully saturated rings. The van der Waals surface area contributed by atoms with Crippen molar-refractivity contribution in [1.29, 1.82) is 0 Å². The van der Waals surface area contributed by atoms with Crippen molar-refractivity contribution in [2.45, 2.75) is 38.6 Å². The Bertz CT molecular complexity index is 618. The van der Waals surface area contributed by atoms with Crippen molar-refractivity contribution in [2.24, 2.45) is 0 Å². The van der Waals surface area contributed by atoms with Crippen LogP contribution in [0.15, 0.2) is 36.7 Å². The zero-order valence-corrected chi connectivity index (χ0v) is 11.9. The van der Waals surface area contributed by atoms with E-state index in [-0.39, 0.29) is 5.91 Å². The van der Waals surface area contributed by atoms with E-state index >= 15 is 0 Å². The Hall–Kier alpha value is -1.90. The number of rotatable bonds is 2. The van der Waals surface area contributed by atoms with Gasteiger partial charge in [-0.1, -0.05) is 19.1 Å². The number of likely N-dealkylation sites (tertiary alicyclic amines) is 1. The third kappa shape index (κ3) is 2.28. The molecule has 0 N–H and O–H groups in total. The van der Waals surface area contributed by atoms with Crippen LogP contribution < -0.4 is 0 Å². The van der Waals surface area contributed by atoms with Crippen LogP contribution in [-0.2, 0) is 0 Å². The highest BCUT2D eigenvalue weighted by atomic mass is 16.2. The summed E-state index contributed by atoms with van der Waals surface area (Å²) in [4.78, 5) is 19.1. The molecule has 1 unspecified atom stereocenters. The highest BCUT2D eigenvalue weighted by Crippen LogP contribution is 2.25. The Kier molecular flexibility index (Phi) is 3.68. The lowest BCUT2D eigenvalue weighted by Gasteiger charge is -2.35. The van der Waals surface area contributed by atoms with Crippen LogP contribution in [0.1, 0.15) is 43.0 Å². The molecule has 1 aromatic heterocycles. The zero-order valence-electron chi connectivity index (χ0n) is 11.9. The fraction of sp³-hybridized carbons (Fsp3) is 0.412. The number of pyridine rings is 1. The molecule has 104 valence electrons.